The number of rotatable bonds is 1. The predicted octanol–water partition coefficient (Wildman–Crippen LogP) is 1.79. The van der Waals surface area contributed by atoms with E-state index in [9.17, 15) is 0 Å². The van der Waals surface area contributed by atoms with Gasteiger partial charge < -0.3 is 5.11 Å². The van der Waals surface area contributed by atoms with E-state index in [-0.39, 0.29) is 0 Å². The first kappa shape index (κ1) is 7.51. The molecule has 10 heavy (non-hydrogen) atoms. The van der Waals surface area contributed by atoms with Crippen molar-refractivity contribution in [1.82, 2.24) is 4.98 Å². The first-order valence-corrected chi connectivity index (χ1v) is 3.37. The standard InChI is InChI=1S/C7H8ClNO/c1-5(10)6-2-3-9-4-7(6)8/h2-5,10H,1H3/t5-/m1/s1. The lowest BCUT2D eigenvalue weighted by Crippen LogP contribution is -1.91. The summed E-state index contributed by atoms with van der Waals surface area (Å²) in [6.45, 7) is 1.67. The molecule has 0 aliphatic rings. The highest BCUT2D eigenvalue weighted by Gasteiger charge is 2.03. The monoisotopic (exact) mass is 157 g/mol. The van der Waals surface area contributed by atoms with Crippen molar-refractivity contribution < 1.29 is 5.11 Å². The van der Waals surface area contributed by atoms with E-state index >= 15 is 0 Å². The molecule has 0 fully saturated rings. The van der Waals surface area contributed by atoms with Gasteiger partial charge in [0, 0.05) is 18.0 Å². The molecule has 0 unspecified atom stereocenters. The summed E-state index contributed by atoms with van der Waals surface area (Å²) in [6, 6.07) is 1.70. The van der Waals surface area contributed by atoms with Crippen molar-refractivity contribution in [3.05, 3.63) is 29.0 Å². The summed E-state index contributed by atoms with van der Waals surface area (Å²) in [6.07, 6.45) is 2.60. The van der Waals surface area contributed by atoms with Crippen molar-refractivity contribution in [3.8, 4) is 0 Å². The molecule has 2 nitrogen and oxygen atoms in total. The van der Waals surface area contributed by atoms with Crippen LogP contribution in [0.15, 0.2) is 18.5 Å². The molecule has 0 spiro atoms. The van der Waals surface area contributed by atoms with E-state index in [4.69, 9.17) is 16.7 Å². The molecule has 1 N–H and O–H groups in total. The summed E-state index contributed by atoms with van der Waals surface area (Å²) in [5.74, 6) is 0. The van der Waals surface area contributed by atoms with Crippen LogP contribution in [0.25, 0.3) is 0 Å². The molecule has 1 heterocycles. The van der Waals surface area contributed by atoms with E-state index < -0.39 is 6.10 Å². The van der Waals surface area contributed by atoms with E-state index in [0.717, 1.165) is 5.56 Å². The maximum Gasteiger partial charge on any atom is 0.0777 e. The number of aliphatic hydroxyl groups excluding tert-OH is 1. The van der Waals surface area contributed by atoms with E-state index in [2.05, 4.69) is 4.98 Å². The number of aliphatic hydroxyl groups is 1. The normalized spacial score (nSPS) is 13.1. The number of hydrogen-bond donors (Lipinski definition) is 1. The minimum atomic E-state index is -0.518. The quantitative estimate of drug-likeness (QED) is 0.674. The molecule has 1 rings (SSSR count). The van der Waals surface area contributed by atoms with E-state index in [1.807, 2.05) is 0 Å². The summed E-state index contributed by atoms with van der Waals surface area (Å²) < 4.78 is 0. The molecule has 0 saturated carbocycles. The number of pyridine rings is 1. The van der Waals surface area contributed by atoms with E-state index in [1.54, 1.807) is 19.2 Å². The van der Waals surface area contributed by atoms with Crippen LogP contribution >= 0.6 is 11.6 Å². The summed E-state index contributed by atoms with van der Waals surface area (Å²) in [7, 11) is 0. The molecular weight excluding hydrogens is 150 g/mol. The fourth-order valence-electron chi connectivity index (χ4n) is 0.725. The first-order chi connectivity index (χ1) is 4.72. The highest BCUT2D eigenvalue weighted by molar-refractivity contribution is 6.31. The molecule has 0 radical (unpaired) electrons. The molecule has 54 valence electrons. The lowest BCUT2D eigenvalue weighted by Gasteiger charge is -2.04. The van der Waals surface area contributed by atoms with Crippen LogP contribution in [-0.2, 0) is 0 Å². The second-order valence-electron chi connectivity index (χ2n) is 2.07. The van der Waals surface area contributed by atoms with Gasteiger partial charge in [-0.1, -0.05) is 11.6 Å². The fourth-order valence-corrected chi connectivity index (χ4v) is 1.00. The zero-order chi connectivity index (χ0) is 7.56. The molecule has 0 bridgehead atoms. The van der Waals surface area contributed by atoms with Gasteiger partial charge in [-0.15, -0.1) is 0 Å². The molecule has 1 atom stereocenters. The van der Waals surface area contributed by atoms with Crippen molar-refractivity contribution in [2.45, 2.75) is 13.0 Å². The van der Waals surface area contributed by atoms with Crippen LogP contribution in [0.4, 0.5) is 0 Å². The molecule has 3 heteroatoms. The second kappa shape index (κ2) is 2.99. The molecule has 0 saturated heterocycles. The lowest BCUT2D eigenvalue weighted by atomic mass is 10.2. The fraction of sp³-hybridized carbons (Fsp3) is 0.286. The van der Waals surface area contributed by atoms with Gasteiger partial charge >= 0.3 is 0 Å². The molecule has 0 amide bonds. The van der Waals surface area contributed by atoms with E-state index in [1.165, 1.54) is 6.20 Å². The Bertz CT molecular complexity index is 225. The van der Waals surface area contributed by atoms with Gasteiger partial charge in [0.25, 0.3) is 0 Å². The Labute approximate surface area is 64.5 Å². The van der Waals surface area contributed by atoms with Crippen LogP contribution in [-0.4, -0.2) is 10.1 Å². The maximum atomic E-state index is 9.09. The topological polar surface area (TPSA) is 33.1 Å². The van der Waals surface area contributed by atoms with Crippen LogP contribution < -0.4 is 0 Å². The average molecular weight is 158 g/mol. The summed E-state index contributed by atoms with van der Waals surface area (Å²) in [5, 5.41) is 9.60. The third-order valence-corrected chi connectivity index (χ3v) is 1.57. The summed E-state index contributed by atoms with van der Waals surface area (Å²) in [5.41, 5.74) is 0.719. The Balaban J connectivity index is 3.03. The van der Waals surface area contributed by atoms with Gasteiger partial charge in [-0.05, 0) is 13.0 Å². The predicted molar refractivity (Wildman–Crippen MR) is 39.9 cm³/mol. The van der Waals surface area contributed by atoms with Crippen LogP contribution in [0.1, 0.15) is 18.6 Å². The minimum Gasteiger partial charge on any atom is -0.389 e. The average Bonchev–Trinajstić information content (AvgIpc) is 1.88. The van der Waals surface area contributed by atoms with Crippen molar-refractivity contribution in [3.63, 3.8) is 0 Å². The van der Waals surface area contributed by atoms with Crippen LogP contribution in [0.3, 0.4) is 0 Å². The Morgan fingerprint density at radius 2 is 2.40 bits per heavy atom. The van der Waals surface area contributed by atoms with Gasteiger partial charge in [0.05, 0.1) is 11.1 Å². The minimum absolute atomic E-state index is 0.512. The van der Waals surface area contributed by atoms with Crippen molar-refractivity contribution >= 4 is 11.6 Å². The number of nitrogens with zero attached hydrogens (tertiary/aromatic N) is 1. The van der Waals surface area contributed by atoms with Gasteiger partial charge in [-0.2, -0.15) is 0 Å². The van der Waals surface area contributed by atoms with Gasteiger partial charge in [0.2, 0.25) is 0 Å². The van der Waals surface area contributed by atoms with Crippen LogP contribution in [0.5, 0.6) is 0 Å². The molecule has 0 aliphatic carbocycles. The highest BCUT2D eigenvalue weighted by atomic mass is 35.5. The maximum absolute atomic E-state index is 9.09. The largest absolute Gasteiger partial charge is 0.389 e. The third kappa shape index (κ3) is 1.46. The molecule has 0 aliphatic heterocycles. The molecule has 0 aromatic carbocycles. The zero-order valence-electron chi connectivity index (χ0n) is 5.58. The summed E-state index contributed by atoms with van der Waals surface area (Å²) in [4.78, 5) is 3.78. The van der Waals surface area contributed by atoms with Crippen LogP contribution in [0, 0.1) is 0 Å². The lowest BCUT2D eigenvalue weighted by molar-refractivity contribution is 0.199. The second-order valence-corrected chi connectivity index (χ2v) is 2.48. The van der Waals surface area contributed by atoms with Gasteiger partial charge in [-0.25, -0.2) is 0 Å². The molecule has 1 aromatic heterocycles. The number of halogens is 1. The van der Waals surface area contributed by atoms with Crippen molar-refractivity contribution in [2.24, 2.45) is 0 Å². The third-order valence-electron chi connectivity index (χ3n) is 1.25. The number of hydrogen-bond acceptors (Lipinski definition) is 2. The SMILES string of the molecule is C[C@@H](O)c1ccncc1Cl. The molecular formula is C7H8ClNO. The Kier molecular flexibility index (Phi) is 2.25. The number of aromatic nitrogens is 1. The van der Waals surface area contributed by atoms with Gasteiger partial charge in [0.1, 0.15) is 0 Å². The smallest absolute Gasteiger partial charge is 0.0777 e. The first-order valence-electron chi connectivity index (χ1n) is 2.99. The Morgan fingerprint density at radius 3 is 2.80 bits per heavy atom. The Hall–Kier alpha value is -0.600. The highest BCUT2D eigenvalue weighted by Crippen LogP contribution is 2.20. The van der Waals surface area contributed by atoms with Crippen LogP contribution in [0.2, 0.25) is 5.02 Å². The van der Waals surface area contributed by atoms with Crippen molar-refractivity contribution in [2.75, 3.05) is 0 Å². The Morgan fingerprint density at radius 1 is 1.70 bits per heavy atom. The van der Waals surface area contributed by atoms with E-state index in [0.29, 0.717) is 5.02 Å². The zero-order valence-corrected chi connectivity index (χ0v) is 6.34. The molecule has 1 aromatic rings. The van der Waals surface area contributed by atoms with Gasteiger partial charge in [-0.3, -0.25) is 4.98 Å². The summed E-state index contributed by atoms with van der Waals surface area (Å²) >= 11 is 5.70. The van der Waals surface area contributed by atoms with Gasteiger partial charge in [0.15, 0.2) is 0 Å². The van der Waals surface area contributed by atoms with Crippen molar-refractivity contribution in [1.29, 1.82) is 0 Å².